The average Bonchev–Trinajstić information content (AvgIpc) is 3.41. The van der Waals surface area contributed by atoms with Crippen molar-refractivity contribution in [2.45, 2.75) is 6.61 Å². The van der Waals surface area contributed by atoms with E-state index < -0.39 is 0 Å². The molecule has 7 nitrogen and oxygen atoms in total. The number of aromatic amines is 1. The van der Waals surface area contributed by atoms with E-state index in [0.717, 1.165) is 5.56 Å². The molecule has 5 aromatic rings. The van der Waals surface area contributed by atoms with Crippen LogP contribution >= 0.6 is 0 Å². The number of carbonyl (C=O) groups is 1. The lowest BCUT2D eigenvalue weighted by Gasteiger charge is -2.14. The first-order chi connectivity index (χ1) is 18.6. The number of rotatable bonds is 9. The number of H-pyrrole nitrogens is 1. The number of benzene rings is 4. The lowest BCUT2D eigenvalue weighted by molar-refractivity contribution is 0.104. The van der Waals surface area contributed by atoms with E-state index in [1.165, 1.54) is 0 Å². The van der Waals surface area contributed by atoms with E-state index >= 15 is 0 Å². The van der Waals surface area contributed by atoms with Crippen molar-refractivity contribution in [3.05, 3.63) is 114 Å². The summed E-state index contributed by atoms with van der Waals surface area (Å²) in [5, 5.41) is 18.5. The minimum atomic E-state index is -0.264. The summed E-state index contributed by atoms with van der Waals surface area (Å²) in [7, 11) is 3.16. The van der Waals surface area contributed by atoms with Crippen molar-refractivity contribution in [2.75, 3.05) is 14.2 Å². The van der Waals surface area contributed by atoms with Gasteiger partial charge in [0.1, 0.15) is 35.3 Å². The summed E-state index contributed by atoms with van der Waals surface area (Å²) < 4.78 is 16.7. The molecule has 0 atom stereocenters. The van der Waals surface area contributed by atoms with Crippen molar-refractivity contribution in [3.63, 3.8) is 0 Å². The molecular formula is C31H26N2O5. The Morgan fingerprint density at radius 3 is 2.13 bits per heavy atom. The molecule has 1 heterocycles. The number of ether oxygens (including phenoxy) is 3. The molecule has 2 N–H and O–H groups in total. The van der Waals surface area contributed by atoms with Crippen LogP contribution in [-0.2, 0) is 6.61 Å². The van der Waals surface area contributed by atoms with Crippen LogP contribution in [-0.4, -0.2) is 35.3 Å². The Morgan fingerprint density at radius 2 is 1.47 bits per heavy atom. The minimum Gasteiger partial charge on any atom is -0.507 e. The zero-order valence-corrected chi connectivity index (χ0v) is 21.0. The number of aromatic nitrogens is 2. The van der Waals surface area contributed by atoms with Crippen molar-refractivity contribution < 1.29 is 24.1 Å². The second-order valence-corrected chi connectivity index (χ2v) is 8.53. The number of phenols is 1. The highest BCUT2D eigenvalue weighted by Crippen LogP contribution is 2.42. The van der Waals surface area contributed by atoms with Crippen LogP contribution in [0.25, 0.3) is 22.5 Å². The highest BCUT2D eigenvalue weighted by Gasteiger charge is 2.27. The summed E-state index contributed by atoms with van der Waals surface area (Å²) in [6, 6.07) is 28.9. The Bertz CT molecular complexity index is 1540. The third kappa shape index (κ3) is 4.95. The van der Waals surface area contributed by atoms with E-state index in [0.29, 0.717) is 57.5 Å². The van der Waals surface area contributed by atoms with Crippen molar-refractivity contribution in [2.24, 2.45) is 0 Å². The molecule has 0 bridgehead atoms. The number of hydrogen-bond donors (Lipinski definition) is 2. The number of ketones is 1. The van der Waals surface area contributed by atoms with Crippen molar-refractivity contribution in [1.82, 2.24) is 10.2 Å². The Labute approximate surface area is 220 Å². The highest BCUT2D eigenvalue weighted by atomic mass is 16.5. The van der Waals surface area contributed by atoms with Gasteiger partial charge in [0.05, 0.1) is 31.0 Å². The maximum Gasteiger partial charge on any atom is 0.197 e. The van der Waals surface area contributed by atoms with Gasteiger partial charge in [-0.3, -0.25) is 9.89 Å². The van der Waals surface area contributed by atoms with Crippen molar-refractivity contribution in [1.29, 1.82) is 0 Å². The number of phenolic OH excluding ortho intramolecular Hbond substituents is 1. The molecule has 38 heavy (non-hydrogen) atoms. The molecule has 0 spiro atoms. The van der Waals surface area contributed by atoms with E-state index in [9.17, 15) is 9.90 Å². The predicted octanol–water partition coefficient (Wildman–Crippen LogP) is 6.28. The molecule has 7 heteroatoms. The van der Waals surface area contributed by atoms with E-state index in [2.05, 4.69) is 10.2 Å². The summed E-state index contributed by atoms with van der Waals surface area (Å²) >= 11 is 0. The molecular weight excluding hydrogens is 480 g/mol. The highest BCUT2D eigenvalue weighted by molar-refractivity contribution is 6.16. The van der Waals surface area contributed by atoms with E-state index in [4.69, 9.17) is 14.2 Å². The Balaban J connectivity index is 1.64. The van der Waals surface area contributed by atoms with Gasteiger partial charge < -0.3 is 19.3 Å². The third-order valence-corrected chi connectivity index (χ3v) is 6.20. The molecule has 1 aromatic heterocycles. The second-order valence-electron chi connectivity index (χ2n) is 8.53. The Morgan fingerprint density at radius 1 is 0.816 bits per heavy atom. The van der Waals surface area contributed by atoms with Gasteiger partial charge in [0.2, 0.25) is 0 Å². The van der Waals surface area contributed by atoms with Gasteiger partial charge in [-0.15, -0.1) is 0 Å². The summed E-state index contributed by atoms with van der Waals surface area (Å²) in [5.41, 5.74) is 3.61. The molecule has 0 aliphatic heterocycles. The fourth-order valence-electron chi connectivity index (χ4n) is 4.21. The van der Waals surface area contributed by atoms with Gasteiger partial charge in [0.15, 0.2) is 5.78 Å². The molecule has 0 amide bonds. The topological polar surface area (TPSA) is 93.7 Å². The molecule has 0 aliphatic carbocycles. The van der Waals surface area contributed by atoms with Crippen LogP contribution in [0.5, 0.6) is 23.0 Å². The Kier molecular flexibility index (Phi) is 7.08. The number of nitrogens with zero attached hydrogens (tertiary/aromatic N) is 1. The molecule has 0 unspecified atom stereocenters. The molecule has 0 fully saturated rings. The van der Waals surface area contributed by atoms with Gasteiger partial charge in [-0.05, 0) is 66.2 Å². The molecule has 4 aromatic carbocycles. The molecule has 0 saturated carbocycles. The number of hydrogen-bond acceptors (Lipinski definition) is 6. The maximum atomic E-state index is 14.0. The number of methoxy groups -OCH3 is 2. The Hall–Kier alpha value is -5.04. The second kappa shape index (κ2) is 10.9. The van der Waals surface area contributed by atoms with Crippen LogP contribution in [0.2, 0.25) is 0 Å². The SMILES string of the molecule is COc1ccc(C(=O)c2c(-c3ccc(OC)cc3)n[nH]c2-c2c(O)cccc2OCc2ccccc2)cc1. The van der Waals surface area contributed by atoms with Gasteiger partial charge in [-0.1, -0.05) is 36.4 Å². The predicted molar refractivity (Wildman–Crippen MR) is 145 cm³/mol. The first-order valence-electron chi connectivity index (χ1n) is 12.0. The standard InChI is InChI=1S/C31H26N2O5/c1-36-23-15-11-21(12-16-23)29-28(31(35)22-13-17-24(37-2)18-14-22)30(33-32-29)27-25(34)9-6-10-26(27)38-19-20-7-4-3-5-8-20/h3-18,34H,19H2,1-2H3,(H,32,33). The molecule has 0 aliphatic rings. The van der Waals surface area contributed by atoms with Crippen LogP contribution in [0, 0.1) is 0 Å². The molecule has 0 radical (unpaired) electrons. The van der Waals surface area contributed by atoms with Gasteiger partial charge in [-0.25, -0.2) is 0 Å². The smallest absolute Gasteiger partial charge is 0.197 e. The fraction of sp³-hybridized carbons (Fsp3) is 0.0968. The van der Waals surface area contributed by atoms with E-state index in [1.54, 1.807) is 68.8 Å². The zero-order valence-electron chi connectivity index (χ0n) is 21.0. The van der Waals surface area contributed by atoms with Crippen LogP contribution in [0.3, 0.4) is 0 Å². The largest absolute Gasteiger partial charge is 0.507 e. The summed E-state index contributed by atoms with van der Waals surface area (Å²) in [4.78, 5) is 14.0. The zero-order chi connectivity index (χ0) is 26.5. The third-order valence-electron chi connectivity index (χ3n) is 6.20. The van der Waals surface area contributed by atoms with Crippen LogP contribution in [0.4, 0.5) is 0 Å². The van der Waals surface area contributed by atoms with Gasteiger partial charge >= 0.3 is 0 Å². The lowest BCUT2D eigenvalue weighted by Crippen LogP contribution is -2.05. The molecule has 5 rings (SSSR count). The maximum absolute atomic E-state index is 14.0. The average molecular weight is 507 g/mol. The van der Waals surface area contributed by atoms with Crippen LogP contribution in [0.15, 0.2) is 97.1 Å². The van der Waals surface area contributed by atoms with Gasteiger partial charge in [0.25, 0.3) is 0 Å². The first kappa shape index (κ1) is 24.6. The van der Waals surface area contributed by atoms with Gasteiger partial charge in [0, 0.05) is 11.1 Å². The van der Waals surface area contributed by atoms with Gasteiger partial charge in [-0.2, -0.15) is 5.10 Å². The van der Waals surface area contributed by atoms with Crippen LogP contribution in [0.1, 0.15) is 21.5 Å². The fourth-order valence-corrected chi connectivity index (χ4v) is 4.21. The molecule has 0 saturated heterocycles. The number of carbonyl (C=O) groups excluding carboxylic acids is 1. The normalized spacial score (nSPS) is 10.7. The summed E-state index contributed by atoms with van der Waals surface area (Å²) in [5.74, 6) is 1.44. The first-order valence-corrected chi connectivity index (χ1v) is 12.0. The lowest BCUT2D eigenvalue weighted by atomic mass is 9.94. The monoisotopic (exact) mass is 506 g/mol. The van der Waals surface area contributed by atoms with Crippen molar-refractivity contribution in [3.8, 4) is 45.5 Å². The van der Waals surface area contributed by atoms with Crippen LogP contribution < -0.4 is 14.2 Å². The quantitative estimate of drug-likeness (QED) is 0.229. The van der Waals surface area contributed by atoms with Crippen molar-refractivity contribution >= 4 is 5.78 Å². The van der Waals surface area contributed by atoms with E-state index in [1.807, 2.05) is 42.5 Å². The summed E-state index contributed by atoms with van der Waals surface area (Å²) in [6.45, 7) is 0.290. The number of aromatic hydroxyl groups is 1. The summed E-state index contributed by atoms with van der Waals surface area (Å²) in [6.07, 6.45) is 0. The minimum absolute atomic E-state index is 0.0377. The molecule has 190 valence electrons. The van der Waals surface area contributed by atoms with E-state index in [-0.39, 0.29) is 11.5 Å². The number of nitrogens with one attached hydrogen (secondary N) is 1.